The van der Waals surface area contributed by atoms with E-state index in [1.165, 1.54) is 5.57 Å². The molecule has 0 bridgehead atoms. The largest absolute Gasteiger partial charge is 0.500 e. The summed E-state index contributed by atoms with van der Waals surface area (Å²) in [4.78, 5) is 3.22. The number of aromatic amines is 1. The lowest BCUT2D eigenvalue weighted by atomic mass is 10.1. The van der Waals surface area contributed by atoms with Gasteiger partial charge < -0.3 is 14.7 Å². The molecule has 1 aromatic carbocycles. The molecule has 1 aliphatic rings. The maximum absolute atomic E-state index is 9.78. The molecule has 1 aliphatic carbocycles. The van der Waals surface area contributed by atoms with Crippen LogP contribution in [0.4, 0.5) is 0 Å². The lowest BCUT2D eigenvalue weighted by Crippen LogP contribution is -1.98. The van der Waals surface area contributed by atoms with E-state index < -0.39 is 0 Å². The van der Waals surface area contributed by atoms with Crippen LogP contribution in [0.5, 0.6) is 5.75 Å². The number of rotatable bonds is 3. The predicted octanol–water partition coefficient (Wildman–Crippen LogP) is 3.80. The van der Waals surface area contributed by atoms with Gasteiger partial charge in [-0.05, 0) is 42.4 Å². The molecule has 3 rings (SSSR count). The number of H-pyrrole nitrogens is 1. The summed E-state index contributed by atoms with van der Waals surface area (Å²) in [7, 11) is 0. The number of hydrogen-bond acceptors (Lipinski definition) is 2. The van der Waals surface area contributed by atoms with Crippen LogP contribution in [0.15, 0.2) is 48.7 Å². The minimum atomic E-state index is 0.113. The van der Waals surface area contributed by atoms with Crippen molar-refractivity contribution in [1.82, 2.24) is 9.55 Å². The van der Waals surface area contributed by atoms with Crippen LogP contribution in [0.25, 0.3) is 5.57 Å². The van der Waals surface area contributed by atoms with Crippen molar-refractivity contribution in [2.75, 3.05) is 0 Å². The minimum absolute atomic E-state index is 0.113. The fourth-order valence-corrected chi connectivity index (χ4v) is 2.44. The lowest BCUT2D eigenvalue weighted by Gasteiger charge is -2.03. The first kappa shape index (κ1) is 13.5. The Morgan fingerprint density at radius 3 is 3.10 bits per heavy atom. The Morgan fingerprint density at radius 1 is 1.33 bits per heavy atom. The lowest BCUT2D eigenvalue weighted by molar-refractivity contribution is 0.466. The first-order valence-electron chi connectivity index (χ1n) is 6.66. The third-order valence-corrected chi connectivity index (χ3v) is 3.67. The maximum atomic E-state index is 9.78. The summed E-state index contributed by atoms with van der Waals surface area (Å²) in [5.41, 5.74) is 2.95. The molecule has 2 N–H and O–H groups in total. The molecule has 0 amide bonds. The summed E-state index contributed by atoms with van der Waals surface area (Å²) in [6.07, 6.45) is 13.1. The molecule has 21 heavy (non-hydrogen) atoms. The van der Waals surface area contributed by atoms with Crippen molar-refractivity contribution in [2.24, 2.45) is 0 Å². The van der Waals surface area contributed by atoms with E-state index in [9.17, 15) is 5.11 Å². The predicted molar refractivity (Wildman–Crippen MR) is 85.4 cm³/mol. The molecule has 1 heterocycles. The Bertz CT molecular complexity index is 793. The van der Waals surface area contributed by atoms with Crippen molar-refractivity contribution in [3.8, 4) is 5.75 Å². The van der Waals surface area contributed by atoms with E-state index in [0.717, 1.165) is 17.7 Å². The summed E-state index contributed by atoms with van der Waals surface area (Å²) in [6.45, 7) is 0.505. The Morgan fingerprint density at radius 2 is 2.24 bits per heavy atom. The third kappa shape index (κ3) is 2.99. The molecule has 0 atom stereocenters. The van der Waals surface area contributed by atoms with Crippen LogP contribution < -0.4 is 0 Å². The van der Waals surface area contributed by atoms with Crippen molar-refractivity contribution >= 4 is 17.8 Å². The molecule has 0 aliphatic heterocycles. The van der Waals surface area contributed by atoms with Gasteiger partial charge in [0.1, 0.15) is 0 Å². The van der Waals surface area contributed by atoms with Crippen molar-refractivity contribution in [3.05, 3.63) is 76.9 Å². The second-order valence-corrected chi connectivity index (χ2v) is 5.17. The normalized spacial score (nSPS) is 13.6. The fourth-order valence-electron chi connectivity index (χ4n) is 2.21. The van der Waals surface area contributed by atoms with Crippen LogP contribution in [-0.2, 0) is 6.54 Å². The molecule has 1 aromatic heterocycles. The van der Waals surface area contributed by atoms with Gasteiger partial charge >= 0.3 is 0 Å². The second-order valence-electron chi connectivity index (χ2n) is 4.79. The monoisotopic (exact) mass is 294 g/mol. The van der Waals surface area contributed by atoms with Crippen molar-refractivity contribution in [2.45, 2.75) is 13.0 Å². The zero-order chi connectivity index (χ0) is 14.7. The Kier molecular flexibility index (Phi) is 3.76. The van der Waals surface area contributed by atoms with Gasteiger partial charge in [-0.1, -0.05) is 36.4 Å². The molecule has 0 spiro atoms. The highest BCUT2D eigenvalue weighted by Gasteiger charge is 2.07. The number of hydrogen-bond donors (Lipinski definition) is 2. The number of aromatic nitrogens is 2. The van der Waals surface area contributed by atoms with Gasteiger partial charge in [-0.2, -0.15) is 0 Å². The zero-order valence-corrected chi connectivity index (χ0v) is 12.2. The topological polar surface area (TPSA) is 41.0 Å². The van der Waals surface area contributed by atoms with Gasteiger partial charge in [-0.15, -0.1) is 0 Å². The standard InChI is InChI=1S/C17H14N2OS/c20-16-10-6-5-9-14(16)11-19-12-15(18-17(19)21)13-7-3-1-2-4-8-13/h1-5,7,9,12,20H,8,11H2,(H,18,21). The average Bonchev–Trinajstić information content (AvgIpc) is 2.69. The molecular formula is C17H14N2OS. The number of nitrogens with one attached hydrogen (secondary N) is 1. The van der Waals surface area contributed by atoms with E-state index in [-0.39, 0.29) is 5.75 Å². The maximum Gasteiger partial charge on any atom is 0.177 e. The highest BCUT2D eigenvalue weighted by molar-refractivity contribution is 7.71. The van der Waals surface area contributed by atoms with E-state index >= 15 is 0 Å². The van der Waals surface area contributed by atoms with Gasteiger partial charge in [0, 0.05) is 11.8 Å². The first-order valence-corrected chi connectivity index (χ1v) is 7.07. The molecule has 104 valence electrons. The highest BCUT2D eigenvalue weighted by Crippen LogP contribution is 2.21. The average molecular weight is 294 g/mol. The molecule has 0 saturated carbocycles. The van der Waals surface area contributed by atoms with E-state index in [4.69, 9.17) is 12.2 Å². The number of aromatic hydroxyl groups is 1. The molecule has 0 unspecified atom stereocenters. The molecule has 2 aromatic rings. The summed E-state index contributed by atoms with van der Waals surface area (Å²) in [5.74, 6) is 0.113. The van der Waals surface area contributed by atoms with E-state index in [1.54, 1.807) is 6.07 Å². The number of imidazole rings is 1. The smallest absolute Gasteiger partial charge is 0.177 e. The highest BCUT2D eigenvalue weighted by atomic mass is 32.1. The summed E-state index contributed by atoms with van der Waals surface area (Å²) >= 11 is 5.36. The van der Waals surface area contributed by atoms with Gasteiger partial charge in [0.2, 0.25) is 0 Å². The van der Waals surface area contributed by atoms with Gasteiger partial charge in [-0.25, -0.2) is 0 Å². The van der Waals surface area contributed by atoms with Crippen LogP contribution in [0, 0.1) is 16.9 Å². The quantitative estimate of drug-likeness (QED) is 0.845. The number of nitrogens with zero attached hydrogens (tertiary/aromatic N) is 1. The van der Waals surface area contributed by atoms with E-state index in [0.29, 0.717) is 11.3 Å². The van der Waals surface area contributed by atoms with Crippen LogP contribution in [0.1, 0.15) is 17.7 Å². The first-order chi connectivity index (χ1) is 10.2. The molecule has 0 radical (unpaired) electrons. The van der Waals surface area contributed by atoms with Crippen molar-refractivity contribution in [3.63, 3.8) is 0 Å². The molecule has 0 fully saturated rings. The van der Waals surface area contributed by atoms with Crippen LogP contribution >= 0.6 is 12.2 Å². The van der Waals surface area contributed by atoms with Gasteiger partial charge in [0.15, 0.2) is 10.5 Å². The number of allylic oxidation sites excluding steroid dienone is 6. The van der Waals surface area contributed by atoms with Crippen molar-refractivity contribution < 1.29 is 5.11 Å². The fraction of sp³-hybridized carbons (Fsp3) is 0.118. The third-order valence-electron chi connectivity index (χ3n) is 3.33. The van der Waals surface area contributed by atoms with E-state index in [1.807, 2.05) is 35.1 Å². The summed E-state index contributed by atoms with van der Waals surface area (Å²) in [6, 6.07) is 8.93. The Labute approximate surface area is 128 Å². The van der Waals surface area contributed by atoms with Gasteiger partial charge in [0.05, 0.1) is 12.2 Å². The van der Waals surface area contributed by atoms with Crippen molar-refractivity contribution in [1.29, 1.82) is 0 Å². The van der Waals surface area contributed by atoms with Gasteiger partial charge in [0.25, 0.3) is 0 Å². The molecular weight excluding hydrogens is 280 g/mol. The van der Waals surface area contributed by atoms with Crippen LogP contribution in [0.2, 0.25) is 0 Å². The summed E-state index contributed by atoms with van der Waals surface area (Å²) < 4.78 is 2.54. The minimum Gasteiger partial charge on any atom is -0.500 e. The SMILES string of the molecule is Oc1c#cccc1Cn1cc(C2=CC=CC=CC2)[nH]c1=S. The molecule has 3 nitrogen and oxygen atoms in total. The summed E-state index contributed by atoms with van der Waals surface area (Å²) in [5, 5.41) is 9.78. The van der Waals surface area contributed by atoms with Crippen LogP contribution in [-0.4, -0.2) is 14.7 Å². The zero-order valence-electron chi connectivity index (χ0n) is 11.3. The van der Waals surface area contributed by atoms with Gasteiger partial charge in [-0.3, -0.25) is 0 Å². The Balaban J connectivity index is 1.90. The molecule has 0 saturated heterocycles. The Hall–Kier alpha value is -2.51. The second kappa shape index (κ2) is 5.86. The molecule has 4 heteroatoms. The van der Waals surface area contributed by atoms with E-state index in [2.05, 4.69) is 29.3 Å². The van der Waals surface area contributed by atoms with Crippen LogP contribution in [0.3, 0.4) is 0 Å².